The van der Waals surface area contributed by atoms with Gasteiger partial charge in [-0.1, -0.05) is 221 Å². The molecule has 0 aliphatic carbocycles. The molecule has 0 aromatic heterocycles. The van der Waals surface area contributed by atoms with Crippen molar-refractivity contribution in [3.05, 3.63) is 97.2 Å². The molecule has 69 heavy (non-hydrogen) atoms. The minimum Gasteiger partial charge on any atom is -0.462 e. The van der Waals surface area contributed by atoms with Gasteiger partial charge in [-0.05, 0) is 122 Å². The fraction of sp³-hybridized carbons (Fsp3) is 0.698. The Morgan fingerprint density at radius 3 is 0.957 bits per heavy atom. The summed E-state index contributed by atoms with van der Waals surface area (Å²) in [7, 11) is 0. The van der Waals surface area contributed by atoms with Gasteiger partial charge in [0.2, 0.25) is 0 Å². The quantitative estimate of drug-likeness (QED) is 0.0262. The molecule has 0 rings (SSSR count). The summed E-state index contributed by atoms with van der Waals surface area (Å²) in [4.78, 5) is 38.1. The molecule has 0 radical (unpaired) electrons. The van der Waals surface area contributed by atoms with Crippen LogP contribution in [0.4, 0.5) is 0 Å². The Balaban J connectivity index is 4.47. The maximum atomic E-state index is 12.8. The lowest BCUT2D eigenvalue weighted by Gasteiger charge is -2.18. The molecule has 0 N–H and O–H groups in total. The average molecular weight is 960 g/mol. The first-order valence-electron chi connectivity index (χ1n) is 28.7. The van der Waals surface area contributed by atoms with E-state index in [-0.39, 0.29) is 37.5 Å². The largest absolute Gasteiger partial charge is 0.462 e. The molecule has 0 bridgehead atoms. The van der Waals surface area contributed by atoms with E-state index in [0.717, 1.165) is 103 Å². The molecule has 6 heteroatoms. The number of hydrogen-bond acceptors (Lipinski definition) is 6. The second-order valence-electron chi connectivity index (χ2n) is 18.8. The molecule has 1 atom stereocenters. The minimum absolute atomic E-state index is 0.103. The standard InChI is InChI=1S/C63H106O6/c1-4-7-10-13-16-19-22-25-28-30-31-33-36-38-41-44-47-50-53-56-62(65)68-59-60(69-63(66)57-54-51-48-45-42-39-34-27-24-21-18-15-12-9-6-3)58-67-61(64)55-52-49-46-43-40-37-35-32-29-26-23-20-17-14-11-8-5-2/h9,12,17-18,20-21,25-29,34-35,37,42,45,60H,4-8,10-11,13-16,19,22-24,30-33,36,38-41,43-44,46-59H2,1-3H3/b12-9-,20-17-,21-18-,28-25-,29-26-,34-27-,37-35-,45-42-/t60-/m1/s1. The summed E-state index contributed by atoms with van der Waals surface area (Å²) >= 11 is 0. The molecule has 0 saturated carbocycles. The van der Waals surface area contributed by atoms with Crippen LogP contribution in [0.25, 0.3) is 0 Å². The van der Waals surface area contributed by atoms with Crippen LogP contribution in [0.3, 0.4) is 0 Å². The normalized spacial score (nSPS) is 12.8. The Labute approximate surface area is 426 Å². The van der Waals surface area contributed by atoms with Gasteiger partial charge in [0.05, 0.1) is 0 Å². The van der Waals surface area contributed by atoms with E-state index in [1.165, 1.54) is 116 Å². The SMILES string of the molecule is CC/C=C\C/C=C\C/C=C\C/C=C\CCCCC(=O)O[C@H](COC(=O)CCCCCC/C=C\C/C=C\C/C=C\CCCCC)COC(=O)CCCCCCCCCCC/C=C\CCCCCCCC. The highest BCUT2D eigenvalue weighted by Crippen LogP contribution is 2.14. The summed E-state index contributed by atoms with van der Waals surface area (Å²) in [6.07, 6.45) is 75.4. The third kappa shape index (κ3) is 55.1. The molecular formula is C63H106O6. The van der Waals surface area contributed by atoms with Crippen LogP contribution in [0, 0.1) is 0 Å². The van der Waals surface area contributed by atoms with Crippen molar-refractivity contribution in [1.82, 2.24) is 0 Å². The molecule has 0 aliphatic rings. The van der Waals surface area contributed by atoms with Crippen molar-refractivity contribution in [2.75, 3.05) is 13.2 Å². The number of allylic oxidation sites excluding steroid dienone is 16. The molecule has 0 heterocycles. The van der Waals surface area contributed by atoms with Crippen molar-refractivity contribution in [2.45, 2.75) is 271 Å². The van der Waals surface area contributed by atoms with Crippen LogP contribution in [0.5, 0.6) is 0 Å². The van der Waals surface area contributed by atoms with Crippen LogP contribution in [-0.4, -0.2) is 37.2 Å². The third-order valence-corrected chi connectivity index (χ3v) is 12.0. The van der Waals surface area contributed by atoms with Gasteiger partial charge in [-0.25, -0.2) is 0 Å². The average Bonchev–Trinajstić information content (AvgIpc) is 3.35. The Morgan fingerprint density at radius 2 is 0.565 bits per heavy atom. The van der Waals surface area contributed by atoms with Crippen LogP contribution in [0.2, 0.25) is 0 Å². The molecular weight excluding hydrogens is 853 g/mol. The van der Waals surface area contributed by atoms with Crippen molar-refractivity contribution in [1.29, 1.82) is 0 Å². The van der Waals surface area contributed by atoms with Gasteiger partial charge in [0.1, 0.15) is 13.2 Å². The third-order valence-electron chi connectivity index (χ3n) is 12.0. The molecule has 0 aliphatic heterocycles. The number of ether oxygens (including phenoxy) is 3. The second kappa shape index (κ2) is 56.9. The molecule has 6 nitrogen and oxygen atoms in total. The predicted molar refractivity (Wildman–Crippen MR) is 297 cm³/mol. The molecule has 0 unspecified atom stereocenters. The van der Waals surface area contributed by atoms with Gasteiger partial charge in [-0.3, -0.25) is 14.4 Å². The van der Waals surface area contributed by atoms with Crippen LogP contribution in [0.1, 0.15) is 265 Å². The van der Waals surface area contributed by atoms with Crippen molar-refractivity contribution >= 4 is 17.9 Å². The molecule has 0 aromatic carbocycles. The lowest BCUT2D eigenvalue weighted by Crippen LogP contribution is -2.30. The first kappa shape index (κ1) is 65.3. The Bertz CT molecular complexity index is 1380. The van der Waals surface area contributed by atoms with E-state index in [1.54, 1.807) is 0 Å². The van der Waals surface area contributed by atoms with Gasteiger partial charge in [0, 0.05) is 19.3 Å². The van der Waals surface area contributed by atoms with Crippen molar-refractivity contribution in [3.63, 3.8) is 0 Å². The highest BCUT2D eigenvalue weighted by Gasteiger charge is 2.19. The number of carbonyl (C=O) groups excluding carboxylic acids is 3. The highest BCUT2D eigenvalue weighted by atomic mass is 16.6. The zero-order chi connectivity index (χ0) is 50.0. The zero-order valence-electron chi connectivity index (χ0n) is 45.0. The number of hydrogen-bond donors (Lipinski definition) is 0. The number of esters is 3. The molecule has 394 valence electrons. The van der Waals surface area contributed by atoms with Crippen molar-refractivity contribution < 1.29 is 28.6 Å². The lowest BCUT2D eigenvalue weighted by molar-refractivity contribution is -0.167. The fourth-order valence-electron chi connectivity index (χ4n) is 7.73. The van der Waals surface area contributed by atoms with Crippen LogP contribution in [0.15, 0.2) is 97.2 Å². The van der Waals surface area contributed by atoms with Crippen molar-refractivity contribution in [3.8, 4) is 0 Å². The Morgan fingerprint density at radius 1 is 0.304 bits per heavy atom. The smallest absolute Gasteiger partial charge is 0.306 e. The molecule has 0 aromatic rings. The van der Waals surface area contributed by atoms with E-state index in [2.05, 4.69) is 118 Å². The maximum absolute atomic E-state index is 12.8. The van der Waals surface area contributed by atoms with Gasteiger partial charge >= 0.3 is 17.9 Å². The zero-order valence-corrected chi connectivity index (χ0v) is 45.0. The number of rotatable bonds is 51. The molecule has 0 saturated heterocycles. The van der Waals surface area contributed by atoms with Gasteiger partial charge in [-0.15, -0.1) is 0 Å². The summed E-state index contributed by atoms with van der Waals surface area (Å²) in [5, 5.41) is 0. The van der Waals surface area contributed by atoms with E-state index in [4.69, 9.17) is 14.2 Å². The lowest BCUT2D eigenvalue weighted by atomic mass is 10.1. The summed E-state index contributed by atoms with van der Waals surface area (Å²) in [5.74, 6) is -0.967. The first-order valence-corrected chi connectivity index (χ1v) is 28.7. The summed E-state index contributed by atoms with van der Waals surface area (Å²) < 4.78 is 16.8. The topological polar surface area (TPSA) is 78.9 Å². The first-order chi connectivity index (χ1) is 34.0. The van der Waals surface area contributed by atoms with E-state index < -0.39 is 6.10 Å². The van der Waals surface area contributed by atoms with Crippen LogP contribution in [-0.2, 0) is 28.6 Å². The van der Waals surface area contributed by atoms with Gasteiger partial charge in [-0.2, -0.15) is 0 Å². The molecule has 0 fully saturated rings. The van der Waals surface area contributed by atoms with E-state index in [1.807, 2.05) is 0 Å². The highest BCUT2D eigenvalue weighted by molar-refractivity contribution is 5.71. The van der Waals surface area contributed by atoms with Crippen molar-refractivity contribution in [2.24, 2.45) is 0 Å². The van der Waals surface area contributed by atoms with Gasteiger partial charge in [0.15, 0.2) is 6.10 Å². The molecule has 0 amide bonds. The predicted octanol–water partition coefficient (Wildman–Crippen LogP) is 19.3. The van der Waals surface area contributed by atoms with E-state index in [0.29, 0.717) is 19.3 Å². The number of unbranched alkanes of at least 4 members (excludes halogenated alkanes) is 24. The van der Waals surface area contributed by atoms with E-state index in [9.17, 15) is 14.4 Å². The second-order valence-corrected chi connectivity index (χ2v) is 18.8. The Kier molecular flexibility index (Phi) is 53.9. The molecule has 0 spiro atoms. The van der Waals surface area contributed by atoms with Crippen LogP contribution < -0.4 is 0 Å². The summed E-state index contributed by atoms with van der Waals surface area (Å²) in [6, 6.07) is 0. The fourth-order valence-corrected chi connectivity index (χ4v) is 7.73. The van der Waals surface area contributed by atoms with Gasteiger partial charge < -0.3 is 14.2 Å². The Hall–Kier alpha value is -3.67. The minimum atomic E-state index is -0.811. The summed E-state index contributed by atoms with van der Waals surface area (Å²) in [5.41, 5.74) is 0. The number of carbonyl (C=O) groups is 3. The van der Waals surface area contributed by atoms with E-state index >= 15 is 0 Å². The van der Waals surface area contributed by atoms with Gasteiger partial charge in [0.25, 0.3) is 0 Å². The van der Waals surface area contributed by atoms with Crippen LogP contribution >= 0.6 is 0 Å². The monoisotopic (exact) mass is 959 g/mol. The maximum Gasteiger partial charge on any atom is 0.306 e. The summed E-state index contributed by atoms with van der Waals surface area (Å²) in [6.45, 7) is 6.45.